The van der Waals surface area contributed by atoms with Gasteiger partial charge in [-0.2, -0.15) is 11.8 Å². The average Bonchev–Trinajstić information content (AvgIpc) is 2.87. The molecule has 7 heteroatoms. The van der Waals surface area contributed by atoms with Crippen molar-refractivity contribution in [1.82, 2.24) is 4.90 Å². The van der Waals surface area contributed by atoms with Gasteiger partial charge in [0, 0.05) is 43.6 Å². The molecule has 1 aromatic carbocycles. The van der Waals surface area contributed by atoms with Gasteiger partial charge in [0.1, 0.15) is 6.10 Å². The van der Waals surface area contributed by atoms with Gasteiger partial charge in [0.2, 0.25) is 0 Å². The number of fused-ring (bicyclic) bond motifs is 3. The Bertz CT molecular complexity index is 792. The number of ether oxygens (including phenoxy) is 3. The zero-order valence-corrected chi connectivity index (χ0v) is 22.7. The lowest BCUT2D eigenvalue weighted by Crippen LogP contribution is -2.49. The van der Waals surface area contributed by atoms with E-state index in [2.05, 4.69) is 17.0 Å². The van der Waals surface area contributed by atoms with Gasteiger partial charge in [-0.3, -0.25) is 14.1 Å². The standard InChI is InChI=1S/C28H44FNO4S/c1-4-10-28(31)34-25-19-24-23-18-27(33-3)26(32-2)17-21(23)12-14-30(24)20-22(25)11-8-6-5-7-9-15-35-16-13-29/h17-18,22,24-25H,4-16,19-20H2,1-3H3/t22-,24-,25-/m1/s1/i29+0. The topological polar surface area (TPSA) is 48.0 Å². The number of alkyl halides is 1. The number of nitrogens with zero attached hydrogens (tertiary/aromatic N) is 1. The number of carbonyl (C=O) groups excluding carboxylic acids is 1. The maximum absolute atomic E-state index is 12.5. The van der Waals surface area contributed by atoms with Crippen molar-refractivity contribution in [2.45, 2.75) is 83.3 Å². The molecule has 5 nitrogen and oxygen atoms in total. The third-order valence-corrected chi connectivity index (χ3v) is 8.41. The van der Waals surface area contributed by atoms with Gasteiger partial charge in [0.25, 0.3) is 0 Å². The highest BCUT2D eigenvalue weighted by atomic mass is 32.2. The van der Waals surface area contributed by atoms with Gasteiger partial charge in [0.05, 0.1) is 20.9 Å². The van der Waals surface area contributed by atoms with E-state index in [4.69, 9.17) is 14.2 Å². The zero-order chi connectivity index (χ0) is 25.0. The fourth-order valence-electron chi connectivity index (χ4n) is 5.56. The number of halogens is 1. The molecule has 0 N–H and O–H groups in total. The summed E-state index contributed by atoms with van der Waals surface area (Å²) < 4.78 is 29.4. The van der Waals surface area contributed by atoms with Crippen molar-refractivity contribution in [3.63, 3.8) is 0 Å². The molecule has 0 aliphatic carbocycles. The molecule has 0 saturated carbocycles. The Hall–Kier alpha value is -1.47. The van der Waals surface area contributed by atoms with Crippen LogP contribution in [0, 0.1) is 5.92 Å². The summed E-state index contributed by atoms with van der Waals surface area (Å²) in [5, 5.41) is 0. The Morgan fingerprint density at radius 3 is 2.57 bits per heavy atom. The number of hydrogen-bond acceptors (Lipinski definition) is 6. The van der Waals surface area contributed by atoms with Crippen LogP contribution in [-0.2, 0) is 16.0 Å². The van der Waals surface area contributed by atoms with Crippen molar-refractivity contribution in [2.24, 2.45) is 5.92 Å². The lowest BCUT2D eigenvalue weighted by atomic mass is 9.80. The first-order chi connectivity index (χ1) is 17.1. The van der Waals surface area contributed by atoms with Crippen LogP contribution in [0.2, 0.25) is 0 Å². The number of rotatable bonds is 15. The fraction of sp³-hybridized carbons (Fsp3) is 0.750. The number of thioether (sulfide) groups is 1. The average molecular weight is 510 g/mol. The number of piperidine rings is 1. The van der Waals surface area contributed by atoms with Gasteiger partial charge in [0.15, 0.2) is 11.5 Å². The van der Waals surface area contributed by atoms with Gasteiger partial charge in [-0.1, -0.05) is 32.6 Å². The summed E-state index contributed by atoms with van der Waals surface area (Å²) in [5.74, 6) is 3.55. The summed E-state index contributed by atoms with van der Waals surface area (Å²) in [7, 11) is 3.36. The molecular formula is C28H44FNO4S. The Kier molecular flexibility index (Phi) is 12.0. The van der Waals surface area contributed by atoms with Crippen molar-refractivity contribution in [3.8, 4) is 11.5 Å². The van der Waals surface area contributed by atoms with E-state index in [1.165, 1.54) is 43.2 Å². The van der Waals surface area contributed by atoms with E-state index in [1.807, 2.05) is 6.92 Å². The lowest BCUT2D eigenvalue weighted by molar-refractivity contribution is -0.157. The van der Waals surface area contributed by atoms with Crippen LogP contribution in [0.1, 0.15) is 81.9 Å². The summed E-state index contributed by atoms with van der Waals surface area (Å²) in [4.78, 5) is 15.1. The third kappa shape index (κ3) is 8.01. The molecule has 1 saturated heterocycles. The number of esters is 1. The number of benzene rings is 1. The lowest BCUT2D eigenvalue weighted by Gasteiger charge is -2.47. The van der Waals surface area contributed by atoms with Crippen LogP contribution in [0.3, 0.4) is 0 Å². The monoisotopic (exact) mass is 509 g/mol. The van der Waals surface area contributed by atoms with Gasteiger partial charge >= 0.3 is 5.97 Å². The first kappa shape index (κ1) is 28.1. The van der Waals surface area contributed by atoms with Gasteiger partial charge in [-0.05, 0) is 54.7 Å². The van der Waals surface area contributed by atoms with Crippen molar-refractivity contribution >= 4 is 17.7 Å². The van der Waals surface area contributed by atoms with Crippen LogP contribution in [0.4, 0.5) is 4.39 Å². The van der Waals surface area contributed by atoms with Crippen LogP contribution in [-0.4, -0.2) is 62.5 Å². The molecule has 1 aromatic rings. The number of hydrogen-bond donors (Lipinski definition) is 0. The van der Waals surface area contributed by atoms with E-state index in [0.29, 0.717) is 18.1 Å². The van der Waals surface area contributed by atoms with E-state index >= 15 is 0 Å². The molecule has 0 spiro atoms. The Labute approximate surface area is 215 Å². The molecule has 0 radical (unpaired) electrons. The van der Waals surface area contributed by atoms with Crippen molar-refractivity contribution in [3.05, 3.63) is 23.3 Å². The largest absolute Gasteiger partial charge is 0.493 e. The molecule has 0 aromatic heterocycles. The molecule has 1 fully saturated rings. The van der Waals surface area contributed by atoms with Crippen LogP contribution < -0.4 is 9.47 Å². The van der Waals surface area contributed by atoms with Crippen molar-refractivity contribution in [1.29, 1.82) is 0 Å². The molecular weight excluding hydrogens is 465 g/mol. The van der Waals surface area contributed by atoms with E-state index in [0.717, 1.165) is 56.0 Å². The second kappa shape index (κ2) is 14.9. The minimum Gasteiger partial charge on any atom is -0.493 e. The van der Waals surface area contributed by atoms with Gasteiger partial charge in [-0.15, -0.1) is 0 Å². The first-order valence-corrected chi connectivity index (χ1v) is 14.6. The summed E-state index contributed by atoms with van der Waals surface area (Å²) in [6.07, 6.45) is 10.2. The van der Waals surface area contributed by atoms with Gasteiger partial charge < -0.3 is 14.2 Å². The highest BCUT2D eigenvalue weighted by Crippen LogP contribution is 2.44. The van der Waals surface area contributed by atoms with Crippen LogP contribution >= 0.6 is 11.8 Å². The molecule has 3 atom stereocenters. The fourth-order valence-corrected chi connectivity index (χ4v) is 6.28. The van der Waals surface area contributed by atoms with E-state index in [1.54, 1.807) is 26.0 Å². The summed E-state index contributed by atoms with van der Waals surface area (Å²) in [5.41, 5.74) is 2.60. The summed E-state index contributed by atoms with van der Waals surface area (Å²) >= 11 is 1.72. The zero-order valence-electron chi connectivity index (χ0n) is 21.9. The second-order valence-corrected chi connectivity index (χ2v) is 11.0. The second-order valence-electron chi connectivity index (χ2n) is 9.80. The molecule has 2 aliphatic heterocycles. The van der Waals surface area contributed by atoms with Crippen LogP contribution in [0.15, 0.2) is 12.1 Å². The number of carbonyl (C=O) groups is 1. The smallest absolute Gasteiger partial charge is 0.306 e. The van der Waals surface area contributed by atoms with Crippen molar-refractivity contribution < 1.29 is 23.4 Å². The minimum atomic E-state index is -0.221. The predicted octanol–water partition coefficient (Wildman–Crippen LogP) is 6.38. The SMILES string of the molecule is CCCC(=O)O[C@@H]1C[C@@H]2c3cc(OC)c(OC)cc3CCN2C[C@H]1CCCCCCCSCC[19F]. The molecule has 3 rings (SSSR count). The molecule has 198 valence electrons. The Balaban J connectivity index is 1.61. The number of unbranched alkanes of at least 4 members (excludes halogenated alkanes) is 4. The van der Waals surface area contributed by atoms with Crippen LogP contribution in [0.5, 0.6) is 11.5 Å². The Morgan fingerprint density at radius 2 is 1.83 bits per heavy atom. The predicted molar refractivity (Wildman–Crippen MR) is 141 cm³/mol. The Morgan fingerprint density at radius 1 is 1.09 bits per heavy atom. The molecule has 0 unspecified atom stereocenters. The molecule has 35 heavy (non-hydrogen) atoms. The minimum absolute atomic E-state index is 0.0357. The van der Waals surface area contributed by atoms with E-state index in [9.17, 15) is 9.18 Å². The quantitative estimate of drug-likeness (QED) is 0.202. The molecule has 2 heterocycles. The normalized spacial score (nSPS) is 21.8. The summed E-state index contributed by atoms with van der Waals surface area (Å²) in [6.45, 7) is 3.80. The number of methoxy groups -OCH3 is 2. The van der Waals surface area contributed by atoms with E-state index in [-0.39, 0.29) is 24.8 Å². The first-order valence-electron chi connectivity index (χ1n) is 13.4. The maximum atomic E-state index is 12.5. The third-order valence-electron chi connectivity index (χ3n) is 7.39. The van der Waals surface area contributed by atoms with Crippen molar-refractivity contribution in [2.75, 3.05) is 45.5 Å². The molecule has 0 bridgehead atoms. The molecule has 0 amide bonds. The highest BCUT2D eigenvalue weighted by molar-refractivity contribution is 7.99. The maximum Gasteiger partial charge on any atom is 0.306 e. The molecule has 2 aliphatic rings. The summed E-state index contributed by atoms with van der Waals surface area (Å²) in [6, 6.07) is 4.49. The highest BCUT2D eigenvalue weighted by Gasteiger charge is 2.40. The van der Waals surface area contributed by atoms with Gasteiger partial charge in [-0.25, -0.2) is 0 Å². The van der Waals surface area contributed by atoms with Crippen LogP contribution in [0.25, 0.3) is 0 Å². The van der Waals surface area contributed by atoms with E-state index < -0.39 is 0 Å².